The second-order valence-electron chi connectivity index (χ2n) is 6.42. The van der Waals surface area contributed by atoms with Crippen LogP contribution < -0.4 is 10.6 Å². The van der Waals surface area contributed by atoms with E-state index in [1.54, 1.807) is 0 Å². The van der Waals surface area contributed by atoms with Gasteiger partial charge in [0.25, 0.3) is 5.91 Å². The number of nitrogens with one attached hydrogen (secondary N) is 3. The lowest BCUT2D eigenvalue weighted by molar-refractivity contribution is 0.0933. The first kappa shape index (κ1) is 19.4. The fourth-order valence-corrected chi connectivity index (χ4v) is 2.92. The van der Waals surface area contributed by atoms with E-state index in [0.717, 1.165) is 30.8 Å². The van der Waals surface area contributed by atoms with Crippen LogP contribution >= 0.6 is 12.4 Å². The Balaban J connectivity index is 0.00000225. The van der Waals surface area contributed by atoms with Crippen LogP contribution in [0.25, 0.3) is 0 Å². The monoisotopic (exact) mass is 363 g/mol. The number of aromatic amines is 1. The minimum atomic E-state index is -0.101. The summed E-state index contributed by atoms with van der Waals surface area (Å²) in [7, 11) is 2.07. The third kappa shape index (κ3) is 4.81. The van der Waals surface area contributed by atoms with Gasteiger partial charge in [-0.1, -0.05) is 30.3 Å². The number of carbonyl (C=O) groups is 1. The first-order valence-electron chi connectivity index (χ1n) is 8.44. The van der Waals surface area contributed by atoms with E-state index in [1.807, 2.05) is 18.2 Å². The Hall–Kier alpha value is -1.89. The van der Waals surface area contributed by atoms with Crippen LogP contribution in [-0.4, -0.2) is 47.2 Å². The summed E-state index contributed by atoms with van der Waals surface area (Å²) in [5, 5.41) is 13.5. The van der Waals surface area contributed by atoms with Gasteiger partial charge >= 0.3 is 0 Å². The summed E-state index contributed by atoms with van der Waals surface area (Å²) in [5.74, 6) is -0.101. The Kier molecular flexibility index (Phi) is 6.99. The van der Waals surface area contributed by atoms with Crippen LogP contribution in [0.1, 0.15) is 34.2 Å². The summed E-state index contributed by atoms with van der Waals surface area (Å²) in [5.41, 5.74) is 3.87. The predicted octanol–water partition coefficient (Wildman–Crippen LogP) is 1.73. The number of rotatable bonds is 6. The summed E-state index contributed by atoms with van der Waals surface area (Å²) >= 11 is 0. The highest BCUT2D eigenvalue weighted by atomic mass is 35.5. The topological polar surface area (TPSA) is 73.0 Å². The lowest BCUT2D eigenvalue weighted by atomic mass is 10.1. The molecule has 0 radical (unpaired) electrons. The Morgan fingerprint density at radius 3 is 2.88 bits per heavy atom. The van der Waals surface area contributed by atoms with Gasteiger partial charge in [-0.25, -0.2) is 0 Å². The number of H-pyrrole nitrogens is 1. The zero-order chi connectivity index (χ0) is 16.9. The van der Waals surface area contributed by atoms with Crippen molar-refractivity contribution in [1.29, 1.82) is 0 Å². The summed E-state index contributed by atoms with van der Waals surface area (Å²) in [4.78, 5) is 14.7. The summed E-state index contributed by atoms with van der Waals surface area (Å²) < 4.78 is 0. The molecule has 3 N–H and O–H groups in total. The number of benzene rings is 1. The van der Waals surface area contributed by atoms with Crippen molar-refractivity contribution in [3.05, 3.63) is 52.8 Å². The van der Waals surface area contributed by atoms with Gasteiger partial charge < -0.3 is 10.6 Å². The third-order valence-corrected chi connectivity index (χ3v) is 4.61. The van der Waals surface area contributed by atoms with Crippen LogP contribution in [0.2, 0.25) is 0 Å². The first-order chi connectivity index (χ1) is 11.6. The number of carbonyl (C=O) groups excluding carboxylic acids is 1. The maximum atomic E-state index is 12.4. The largest absolute Gasteiger partial charge is 0.349 e. The predicted molar refractivity (Wildman–Crippen MR) is 101 cm³/mol. The Labute approximate surface area is 154 Å². The van der Waals surface area contributed by atoms with Gasteiger partial charge in [-0.3, -0.25) is 14.8 Å². The van der Waals surface area contributed by atoms with Gasteiger partial charge in [0, 0.05) is 49.9 Å². The molecule has 136 valence electrons. The summed E-state index contributed by atoms with van der Waals surface area (Å²) in [6.07, 6.45) is 0.895. The second kappa shape index (κ2) is 8.99. The van der Waals surface area contributed by atoms with E-state index in [0.29, 0.717) is 18.8 Å². The molecule has 0 spiro atoms. The number of amides is 1. The molecule has 1 aromatic heterocycles. The van der Waals surface area contributed by atoms with Gasteiger partial charge in [0.05, 0.1) is 0 Å². The SMILES string of the molecule is CC(CNC(=O)c1n[nH]c2c1CNCC2)N(C)Cc1ccccc1.Cl. The summed E-state index contributed by atoms with van der Waals surface area (Å²) in [6, 6.07) is 10.6. The number of nitrogens with zero attached hydrogens (tertiary/aromatic N) is 2. The standard InChI is InChI=1S/C18H25N5O.ClH/c1-13(23(2)12-14-6-4-3-5-7-14)10-20-18(24)17-15-11-19-9-8-16(15)21-22-17;/h3-7,13,19H,8-12H2,1-2H3,(H,20,24)(H,21,22);1H. The number of hydrogen-bond acceptors (Lipinski definition) is 4. The van der Waals surface area contributed by atoms with E-state index in [-0.39, 0.29) is 24.4 Å². The number of likely N-dealkylation sites (N-methyl/N-ethyl adjacent to an activating group) is 1. The van der Waals surface area contributed by atoms with Gasteiger partial charge in [0.2, 0.25) is 0 Å². The second-order valence-corrected chi connectivity index (χ2v) is 6.42. The van der Waals surface area contributed by atoms with Gasteiger partial charge in [-0.05, 0) is 19.5 Å². The molecule has 1 aliphatic heterocycles. The van der Waals surface area contributed by atoms with E-state index >= 15 is 0 Å². The number of halogens is 1. The van der Waals surface area contributed by atoms with Gasteiger partial charge in [0.15, 0.2) is 5.69 Å². The van der Waals surface area contributed by atoms with Crippen LogP contribution in [0.3, 0.4) is 0 Å². The number of fused-ring (bicyclic) bond motifs is 1. The Morgan fingerprint density at radius 2 is 2.12 bits per heavy atom. The van der Waals surface area contributed by atoms with Crippen molar-refractivity contribution in [3.8, 4) is 0 Å². The van der Waals surface area contributed by atoms with Crippen molar-refractivity contribution in [3.63, 3.8) is 0 Å². The average molecular weight is 364 g/mol. The zero-order valence-electron chi connectivity index (χ0n) is 14.7. The quantitative estimate of drug-likeness (QED) is 0.730. The van der Waals surface area contributed by atoms with Crippen molar-refractivity contribution < 1.29 is 4.79 Å². The van der Waals surface area contributed by atoms with E-state index < -0.39 is 0 Å². The smallest absolute Gasteiger partial charge is 0.272 e. The van der Waals surface area contributed by atoms with Crippen LogP contribution in [0.15, 0.2) is 30.3 Å². The van der Waals surface area contributed by atoms with Gasteiger partial charge in [-0.2, -0.15) is 5.10 Å². The third-order valence-electron chi connectivity index (χ3n) is 4.61. The lowest BCUT2D eigenvalue weighted by Gasteiger charge is -2.25. The molecule has 0 saturated heterocycles. The maximum Gasteiger partial charge on any atom is 0.272 e. The van der Waals surface area contributed by atoms with Crippen LogP contribution in [0.4, 0.5) is 0 Å². The highest BCUT2D eigenvalue weighted by molar-refractivity contribution is 5.94. The van der Waals surface area contributed by atoms with E-state index in [2.05, 4.69) is 51.8 Å². The molecule has 1 amide bonds. The molecule has 3 rings (SSSR count). The maximum absolute atomic E-state index is 12.4. The van der Waals surface area contributed by atoms with Gasteiger partial charge in [-0.15, -0.1) is 12.4 Å². The molecule has 6 nitrogen and oxygen atoms in total. The fraction of sp³-hybridized carbons (Fsp3) is 0.444. The summed E-state index contributed by atoms with van der Waals surface area (Å²) in [6.45, 7) is 5.21. The van der Waals surface area contributed by atoms with E-state index in [1.165, 1.54) is 5.56 Å². The molecule has 0 fully saturated rings. The van der Waals surface area contributed by atoms with Crippen molar-refractivity contribution >= 4 is 18.3 Å². The highest BCUT2D eigenvalue weighted by Gasteiger charge is 2.22. The first-order valence-corrected chi connectivity index (χ1v) is 8.44. The molecule has 2 heterocycles. The molecule has 7 heteroatoms. The minimum absolute atomic E-state index is 0. The van der Waals surface area contributed by atoms with Crippen molar-refractivity contribution in [2.45, 2.75) is 32.5 Å². The lowest BCUT2D eigenvalue weighted by Crippen LogP contribution is -2.40. The Bertz CT molecular complexity index is 688. The molecule has 25 heavy (non-hydrogen) atoms. The minimum Gasteiger partial charge on any atom is -0.349 e. The van der Waals surface area contributed by atoms with Gasteiger partial charge in [0.1, 0.15) is 0 Å². The molecule has 0 bridgehead atoms. The molecular weight excluding hydrogens is 338 g/mol. The molecular formula is C18H26ClN5O. The molecule has 1 atom stereocenters. The van der Waals surface area contributed by atoms with Crippen molar-refractivity contribution in [2.24, 2.45) is 0 Å². The zero-order valence-corrected chi connectivity index (χ0v) is 15.5. The molecule has 1 unspecified atom stereocenters. The molecule has 2 aromatic rings. The molecule has 1 aromatic carbocycles. The molecule has 0 saturated carbocycles. The molecule has 1 aliphatic rings. The average Bonchev–Trinajstić information content (AvgIpc) is 3.04. The van der Waals surface area contributed by atoms with Crippen LogP contribution in [0, 0.1) is 0 Å². The van der Waals surface area contributed by atoms with E-state index in [9.17, 15) is 4.79 Å². The highest BCUT2D eigenvalue weighted by Crippen LogP contribution is 2.15. The normalized spacial score (nSPS) is 14.5. The van der Waals surface area contributed by atoms with Crippen molar-refractivity contribution in [1.82, 2.24) is 25.7 Å². The number of hydrogen-bond donors (Lipinski definition) is 3. The Morgan fingerprint density at radius 1 is 1.36 bits per heavy atom. The number of aromatic nitrogens is 2. The fourth-order valence-electron chi connectivity index (χ4n) is 2.92. The van der Waals surface area contributed by atoms with Crippen LogP contribution in [-0.2, 0) is 19.5 Å². The van der Waals surface area contributed by atoms with E-state index in [4.69, 9.17) is 0 Å². The van der Waals surface area contributed by atoms with Crippen LogP contribution in [0.5, 0.6) is 0 Å². The molecule has 0 aliphatic carbocycles. The van der Waals surface area contributed by atoms with Crippen molar-refractivity contribution in [2.75, 3.05) is 20.1 Å².